The maximum atomic E-state index is 12.5. The molecule has 4 N–H and O–H groups in total. The number of hydrogen-bond acceptors (Lipinski definition) is 6. The van der Waals surface area contributed by atoms with Gasteiger partial charge in [0, 0.05) is 13.2 Å². The molecule has 2 rings (SSSR count). The number of urea groups is 1. The lowest BCUT2D eigenvalue weighted by Crippen LogP contribution is -2.36. The van der Waals surface area contributed by atoms with Crippen LogP contribution >= 0.6 is 11.8 Å². The smallest absolute Gasteiger partial charge is 0.318 e. The summed E-state index contributed by atoms with van der Waals surface area (Å²) < 4.78 is 1.42. The summed E-state index contributed by atoms with van der Waals surface area (Å²) in [6.45, 7) is 0.221. The lowest BCUT2D eigenvalue weighted by Gasteiger charge is -2.12. The van der Waals surface area contributed by atoms with Crippen molar-refractivity contribution in [2.24, 2.45) is 5.73 Å². The van der Waals surface area contributed by atoms with Gasteiger partial charge in [-0.1, -0.05) is 23.9 Å². The first kappa shape index (κ1) is 17.0. The van der Waals surface area contributed by atoms with E-state index < -0.39 is 11.9 Å². The number of carbonyl (C=O) groups is 2. The van der Waals surface area contributed by atoms with Crippen molar-refractivity contribution in [2.45, 2.75) is 18.1 Å². The van der Waals surface area contributed by atoms with Gasteiger partial charge >= 0.3 is 6.03 Å². The van der Waals surface area contributed by atoms with E-state index in [2.05, 4.69) is 4.98 Å². The molecule has 1 aromatic carbocycles. The Morgan fingerprint density at radius 2 is 2.09 bits per heavy atom. The molecule has 0 saturated heterocycles. The van der Waals surface area contributed by atoms with Crippen LogP contribution in [0.3, 0.4) is 0 Å². The topological polar surface area (TPSA) is 127 Å². The lowest BCUT2D eigenvalue weighted by molar-refractivity contribution is -0.117. The molecule has 0 aliphatic carbocycles. The number of amides is 3. The molecular weight excluding hydrogens is 320 g/mol. The van der Waals surface area contributed by atoms with E-state index in [1.807, 2.05) is 5.32 Å². The molecule has 0 aliphatic heterocycles. The fraction of sp³-hybridized carbons (Fsp3) is 0.286. The van der Waals surface area contributed by atoms with Crippen molar-refractivity contribution in [3.63, 3.8) is 0 Å². The normalized spacial score (nSPS) is 10.7. The largest absolute Gasteiger partial charge is 0.396 e. The number of fused-ring (bicyclic) bond motifs is 1. The molecule has 2 aromatic rings. The summed E-state index contributed by atoms with van der Waals surface area (Å²) in [5.74, 6) is -0.675. The van der Waals surface area contributed by atoms with Crippen LogP contribution in [0.1, 0.15) is 6.42 Å². The van der Waals surface area contributed by atoms with Crippen molar-refractivity contribution in [1.82, 2.24) is 14.9 Å². The molecule has 122 valence electrons. The number of aromatic nitrogens is 2. The summed E-state index contributed by atoms with van der Waals surface area (Å²) in [6.07, 6.45) is 0.390. The highest BCUT2D eigenvalue weighted by molar-refractivity contribution is 7.99. The van der Waals surface area contributed by atoms with Crippen LogP contribution in [0.5, 0.6) is 0 Å². The summed E-state index contributed by atoms with van der Waals surface area (Å²) in [7, 11) is 0. The highest BCUT2D eigenvalue weighted by atomic mass is 32.2. The molecule has 9 heteroatoms. The average molecular weight is 336 g/mol. The van der Waals surface area contributed by atoms with E-state index in [1.54, 1.807) is 24.3 Å². The molecular formula is C14H16N4O4S. The van der Waals surface area contributed by atoms with Crippen LogP contribution in [-0.2, 0) is 11.3 Å². The van der Waals surface area contributed by atoms with Gasteiger partial charge < -0.3 is 10.8 Å². The molecule has 0 saturated carbocycles. The van der Waals surface area contributed by atoms with Crippen LogP contribution in [-0.4, -0.2) is 39.0 Å². The van der Waals surface area contributed by atoms with E-state index >= 15 is 0 Å². The lowest BCUT2D eigenvalue weighted by atomic mass is 10.2. The number of nitrogens with two attached hydrogens (primary N) is 1. The predicted octanol–water partition coefficient (Wildman–Crippen LogP) is 0.0659. The first-order valence-corrected chi connectivity index (χ1v) is 7.84. The molecule has 1 heterocycles. The Hall–Kier alpha value is -2.39. The molecule has 0 atom stereocenters. The van der Waals surface area contributed by atoms with Gasteiger partial charge in [-0.2, -0.15) is 0 Å². The standard InChI is InChI=1S/C14H16N4O4S/c15-13(22)17-11(20)8-23-14-16-10-5-2-1-4-9(10)12(21)18(14)6-3-7-19/h1-2,4-5,19H,3,6-8H2,(H3,15,17,20,22). The van der Waals surface area contributed by atoms with Gasteiger partial charge in [0.15, 0.2) is 5.16 Å². The number of primary amides is 1. The minimum absolute atomic E-state index is 0.0640. The summed E-state index contributed by atoms with van der Waals surface area (Å²) >= 11 is 1.03. The third-order valence-corrected chi connectivity index (χ3v) is 3.94. The molecule has 0 aliphatic rings. The second-order valence-electron chi connectivity index (χ2n) is 4.65. The van der Waals surface area contributed by atoms with E-state index in [0.717, 1.165) is 11.8 Å². The van der Waals surface area contributed by atoms with Crippen molar-refractivity contribution < 1.29 is 14.7 Å². The fourth-order valence-corrected chi connectivity index (χ4v) is 2.81. The van der Waals surface area contributed by atoms with Gasteiger partial charge in [-0.15, -0.1) is 0 Å². The SMILES string of the molecule is NC(=O)NC(=O)CSc1nc2ccccc2c(=O)n1CCCO. The monoisotopic (exact) mass is 336 g/mol. The average Bonchev–Trinajstić information content (AvgIpc) is 2.51. The number of para-hydroxylation sites is 1. The van der Waals surface area contributed by atoms with Gasteiger partial charge in [0.25, 0.3) is 5.56 Å². The second-order valence-corrected chi connectivity index (χ2v) is 5.59. The van der Waals surface area contributed by atoms with Crippen LogP contribution in [0.25, 0.3) is 10.9 Å². The summed E-state index contributed by atoms with van der Waals surface area (Å²) in [6, 6.07) is 5.96. The quantitative estimate of drug-likeness (QED) is 0.506. The molecule has 0 fully saturated rings. The number of rotatable bonds is 6. The summed E-state index contributed by atoms with van der Waals surface area (Å²) in [4.78, 5) is 39.1. The van der Waals surface area contributed by atoms with E-state index in [4.69, 9.17) is 10.8 Å². The number of hydrogen-bond donors (Lipinski definition) is 3. The molecule has 0 spiro atoms. The molecule has 23 heavy (non-hydrogen) atoms. The fourth-order valence-electron chi connectivity index (χ4n) is 1.99. The van der Waals surface area contributed by atoms with Gasteiger partial charge in [0.1, 0.15) is 0 Å². The zero-order valence-electron chi connectivity index (χ0n) is 12.2. The third kappa shape index (κ3) is 4.30. The van der Waals surface area contributed by atoms with Gasteiger partial charge in [0.2, 0.25) is 5.91 Å². The third-order valence-electron chi connectivity index (χ3n) is 2.96. The van der Waals surface area contributed by atoms with Gasteiger partial charge in [0.05, 0.1) is 16.7 Å². The molecule has 0 radical (unpaired) electrons. The number of aliphatic hydroxyl groups is 1. The van der Waals surface area contributed by atoms with E-state index in [0.29, 0.717) is 22.5 Å². The Labute approximate surface area is 135 Å². The van der Waals surface area contributed by atoms with Crippen LogP contribution in [0.2, 0.25) is 0 Å². The number of nitrogens with one attached hydrogen (secondary N) is 1. The van der Waals surface area contributed by atoms with Crippen LogP contribution in [0.15, 0.2) is 34.2 Å². The van der Waals surface area contributed by atoms with Gasteiger partial charge in [-0.05, 0) is 18.6 Å². The van der Waals surface area contributed by atoms with Crippen molar-refractivity contribution in [3.8, 4) is 0 Å². The number of benzene rings is 1. The molecule has 0 bridgehead atoms. The van der Waals surface area contributed by atoms with Crippen molar-refractivity contribution in [2.75, 3.05) is 12.4 Å². The number of carbonyl (C=O) groups excluding carboxylic acids is 2. The van der Waals surface area contributed by atoms with Gasteiger partial charge in [-0.25, -0.2) is 9.78 Å². The predicted molar refractivity (Wildman–Crippen MR) is 86.2 cm³/mol. The van der Waals surface area contributed by atoms with Crippen LogP contribution in [0, 0.1) is 0 Å². The molecule has 8 nitrogen and oxygen atoms in total. The zero-order chi connectivity index (χ0) is 16.8. The molecule has 3 amide bonds. The highest BCUT2D eigenvalue weighted by Crippen LogP contribution is 2.17. The Morgan fingerprint density at radius 3 is 2.78 bits per heavy atom. The Balaban J connectivity index is 2.34. The van der Waals surface area contributed by atoms with Crippen molar-refractivity contribution in [3.05, 3.63) is 34.6 Å². The van der Waals surface area contributed by atoms with E-state index in [1.165, 1.54) is 4.57 Å². The molecule has 1 aromatic heterocycles. The number of nitrogens with zero attached hydrogens (tertiary/aromatic N) is 2. The first-order chi connectivity index (χ1) is 11.0. The maximum Gasteiger partial charge on any atom is 0.318 e. The van der Waals surface area contributed by atoms with Crippen LogP contribution in [0.4, 0.5) is 4.79 Å². The van der Waals surface area contributed by atoms with E-state index in [-0.39, 0.29) is 24.5 Å². The van der Waals surface area contributed by atoms with Crippen LogP contribution < -0.4 is 16.6 Å². The number of aliphatic hydroxyl groups excluding tert-OH is 1. The summed E-state index contributed by atoms with van der Waals surface area (Å²) in [5.41, 5.74) is 5.17. The zero-order valence-corrected chi connectivity index (χ0v) is 13.0. The maximum absolute atomic E-state index is 12.5. The summed E-state index contributed by atoms with van der Waals surface area (Å²) in [5, 5.41) is 11.8. The minimum atomic E-state index is -0.931. The van der Waals surface area contributed by atoms with Crippen molar-refractivity contribution in [1.29, 1.82) is 0 Å². The second kappa shape index (κ2) is 7.75. The Kier molecular flexibility index (Phi) is 5.72. The highest BCUT2D eigenvalue weighted by Gasteiger charge is 2.13. The van der Waals surface area contributed by atoms with Gasteiger partial charge in [-0.3, -0.25) is 19.5 Å². The number of thioether (sulfide) groups is 1. The first-order valence-electron chi connectivity index (χ1n) is 6.85. The Bertz CT molecular complexity index is 790. The van der Waals surface area contributed by atoms with Crippen molar-refractivity contribution >= 4 is 34.6 Å². The minimum Gasteiger partial charge on any atom is -0.396 e. The molecule has 0 unspecified atom stereocenters. The number of imide groups is 1. The Morgan fingerprint density at radius 1 is 1.35 bits per heavy atom. The van der Waals surface area contributed by atoms with E-state index in [9.17, 15) is 14.4 Å².